The van der Waals surface area contributed by atoms with E-state index in [1.165, 1.54) is 25.2 Å². The highest BCUT2D eigenvalue weighted by Gasteiger charge is 2.35. The Kier molecular flexibility index (Phi) is 5.09. The molecule has 1 aliphatic heterocycles. The van der Waals surface area contributed by atoms with Crippen LogP contribution < -0.4 is 5.32 Å². The zero-order valence-corrected chi connectivity index (χ0v) is 15.5. The van der Waals surface area contributed by atoms with Gasteiger partial charge in [0.15, 0.2) is 9.84 Å². The number of benzene rings is 2. The van der Waals surface area contributed by atoms with Crippen LogP contribution in [0.3, 0.4) is 0 Å². The van der Waals surface area contributed by atoms with E-state index in [4.69, 9.17) is 0 Å². The van der Waals surface area contributed by atoms with Crippen molar-refractivity contribution in [2.75, 3.05) is 18.1 Å². The first-order chi connectivity index (χ1) is 12.8. The van der Waals surface area contributed by atoms with Gasteiger partial charge in [0.2, 0.25) is 5.91 Å². The van der Waals surface area contributed by atoms with Crippen molar-refractivity contribution in [1.82, 2.24) is 4.90 Å². The molecule has 1 aliphatic rings. The second-order valence-electron chi connectivity index (χ2n) is 6.18. The van der Waals surface area contributed by atoms with Gasteiger partial charge < -0.3 is 5.32 Å². The van der Waals surface area contributed by atoms with E-state index in [0.717, 1.165) is 4.90 Å². The molecule has 7 nitrogen and oxygen atoms in total. The molecule has 2 aromatic rings. The Morgan fingerprint density at radius 1 is 1.00 bits per heavy atom. The molecular weight excluding hydrogens is 368 g/mol. The molecule has 0 aliphatic carbocycles. The number of sulfone groups is 1. The van der Waals surface area contributed by atoms with Crippen molar-refractivity contribution in [2.45, 2.75) is 17.7 Å². The lowest BCUT2D eigenvalue weighted by Crippen LogP contribution is -2.24. The molecule has 0 radical (unpaired) electrons. The highest BCUT2D eigenvalue weighted by Crippen LogP contribution is 2.28. The summed E-state index contributed by atoms with van der Waals surface area (Å²) in [5.74, 6) is -1.46. The molecule has 0 unspecified atom stereocenters. The van der Waals surface area contributed by atoms with Crippen LogP contribution >= 0.6 is 0 Å². The van der Waals surface area contributed by atoms with Gasteiger partial charge in [0.05, 0.1) is 27.5 Å². The Balaban J connectivity index is 1.63. The van der Waals surface area contributed by atoms with Gasteiger partial charge in [-0.25, -0.2) is 8.42 Å². The summed E-state index contributed by atoms with van der Waals surface area (Å²) < 4.78 is 24.4. The number of nitrogens with one attached hydrogen (secondary N) is 1. The van der Waals surface area contributed by atoms with Crippen LogP contribution in [0, 0.1) is 0 Å². The van der Waals surface area contributed by atoms with Crippen molar-refractivity contribution < 1.29 is 22.8 Å². The minimum atomic E-state index is -3.45. The van der Waals surface area contributed by atoms with Crippen molar-refractivity contribution in [1.29, 1.82) is 0 Å². The predicted octanol–water partition coefficient (Wildman–Crippen LogP) is 2.11. The van der Waals surface area contributed by atoms with Gasteiger partial charge >= 0.3 is 0 Å². The third kappa shape index (κ3) is 3.75. The summed E-state index contributed by atoms with van der Waals surface area (Å²) in [6.45, 7) is 0. The zero-order valence-electron chi connectivity index (χ0n) is 14.6. The molecule has 2 aromatic carbocycles. The Bertz CT molecular complexity index is 1020. The Morgan fingerprint density at radius 3 is 2.41 bits per heavy atom. The zero-order chi connectivity index (χ0) is 19.6. The molecule has 3 amide bonds. The fourth-order valence-corrected chi connectivity index (χ4v) is 4.22. The summed E-state index contributed by atoms with van der Waals surface area (Å²) in [5.41, 5.74) is 0.660. The van der Waals surface area contributed by atoms with Crippen LogP contribution in [0.15, 0.2) is 53.4 Å². The molecule has 3 rings (SSSR count). The lowest BCUT2D eigenvalue weighted by Gasteiger charge is -2.09. The summed E-state index contributed by atoms with van der Waals surface area (Å²) >= 11 is 0. The number of nitrogens with zero attached hydrogens (tertiary/aromatic N) is 1. The second kappa shape index (κ2) is 7.32. The summed E-state index contributed by atoms with van der Waals surface area (Å²) in [6, 6.07) is 12.7. The summed E-state index contributed by atoms with van der Waals surface area (Å²) in [5, 5.41) is 2.61. The number of rotatable bonds is 6. The topological polar surface area (TPSA) is 101 Å². The van der Waals surface area contributed by atoms with E-state index in [1.54, 1.807) is 30.3 Å². The monoisotopic (exact) mass is 386 g/mol. The van der Waals surface area contributed by atoms with Gasteiger partial charge in [-0.05, 0) is 30.7 Å². The molecule has 0 fully saturated rings. The number of hydrogen-bond acceptors (Lipinski definition) is 5. The van der Waals surface area contributed by atoms with Crippen LogP contribution in [0.25, 0.3) is 0 Å². The average Bonchev–Trinajstić information content (AvgIpc) is 2.87. The molecule has 27 heavy (non-hydrogen) atoms. The van der Waals surface area contributed by atoms with Crippen molar-refractivity contribution in [3.8, 4) is 0 Å². The van der Waals surface area contributed by atoms with E-state index >= 15 is 0 Å². The van der Waals surface area contributed by atoms with Gasteiger partial charge in [-0.2, -0.15) is 0 Å². The molecule has 0 saturated heterocycles. The van der Waals surface area contributed by atoms with E-state index in [-0.39, 0.29) is 40.3 Å². The van der Waals surface area contributed by atoms with Crippen LogP contribution in [-0.2, 0) is 14.6 Å². The fourth-order valence-electron chi connectivity index (χ4n) is 2.89. The van der Waals surface area contributed by atoms with Crippen LogP contribution in [0.2, 0.25) is 0 Å². The molecule has 140 valence electrons. The lowest BCUT2D eigenvalue weighted by atomic mass is 10.1. The fraction of sp³-hybridized carbons (Fsp3) is 0.211. The molecule has 1 heterocycles. The maximum absolute atomic E-state index is 12.2. The van der Waals surface area contributed by atoms with Crippen molar-refractivity contribution >= 4 is 33.2 Å². The second-order valence-corrected chi connectivity index (χ2v) is 8.29. The Hall–Kier alpha value is -3.00. The number of carbonyl (C=O) groups is 3. The van der Waals surface area contributed by atoms with E-state index < -0.39 is 27.6 Å². The Labute approximate surface area is 156 Å². The SMILES string of the molecule is CN1C(=O)c2cccc(NC(=O)CCCS(=O)(=O)c3ccccc3)c2C1=O. The average molecular weight is 386 g/mol. The molecule has 1 N–H and O–H groups in total. The van der Waals surface area contributed by atoms with Crippen LogP contribution in [-0.4, -0.2) is 43.8 Å². The van der Waals surface area contributed by atoms with Gasteiger partial charge in [-0.15, -0.1) is 0 Å². The maximum Gasteiger partial charge on any atom is 0.263 e. The standard InChI is InChI=1S/C19H18N2O5S/c1-21-18(23)14-9-5-10-15(17(14)19(21)24)20-16(22)11-6-12-27(25,26)13-7-3-2-4-8-13/h2-5,7-10H,6,11-12H2,1H3,(H,20,22). The third-order valence-corrected chi connectivity index (χ3v) is 6.13. The van der Waals surface area contributed by atoms with E-state index in [2.05, 4.69) is 5.32 Å². The summed E-state index contributed by atoms with van der Waals surface area (Å²) in [7, 11) is -2.07. The first-order valence-corrected chi connectivity index (χ1v) is 9.99. The minimum Gasteiger partial charge on any atom is -0.325 e. The minimum absolute atomic E-state index is 0.0201. The van der Waals surface area contributed by atoms with Crippen molar-refractivity contribution in [3.05, 3.63) is 59.7 Å². The molecule has 0 aromatic heterocycles. The number of fused-ring (bicyclic) bond motifs is 1. The quantitative estimate of drug-likeness (QED) is 0.767. The maximum atomic E-state index is 12.2. The normalized spacial score (nSPS) is 13.6. The highest BCUT2D eigenvalue weighted by atomic mass is 32.2. The molecular formula is C19H18N2O5S. The first-order valence-electron chi connectivity index (χ1n) is 8.34. The highest BCUT2D eigenvalue weighted by molar-refractivity contribution is 7.91. The van der Waals surface area contributed by atoms with E-state index in [0.29, 0.717) is 0 Å². The number of hydrogen-bond donors (Lipinski definition) is 1. The van der Waals surface area contributed by atoms with E-state index in [1.807, 2.05) is 0 Å². The molecule has 0 bridgehead atoms. The largest absolute Gasteiger partial charge is 0.325 e. The van der Waals surface area contributed by atoms with Gasteiger partial charge in [-0.1, -0.05) is 24.3 Å². The van der Waals surface area contributed by atoms with E-state index in [9.17, 15) is 22.8 Å². The van der Waals surface area contributed by atoms with Gasteiger partial charge in [0.1, 0.15) is 0 Å². The third-order valence-electron chi connectivity index (χ3n) is 4.31. The van der Waals surface area contributed by atoms with Gasteiger partial charge in [0.25, 0.3) is 11.8 Å². The summed E-state index contributed by atoms with van der Waals surface area (Å²) in [6.07, 6.45) is 0.124. The molecule has 0 spiro atoms. The number of carbonyl (C=O) groups excluding carboxylic acids is 3. The predicted molar refractivity (Wildman–Crippen MR) is 99.2 cm³/mol. The first kappa shape index (κ1) is 18.8. The Morgan fingerprint density at radius 2 is 1.70 bits per heavy atom. The lowest BCUT2D eigenvalue weighted by molar-refractivity contribution is -0.116. The smallest absolute Gasteiger partial charge is 0.263 e. The number of anilines is 1. The van der Waals surface area contributed by atoms with Gasteiger partial charge in [0, 0.05) is 13.5 Å². The van der Waals surface area contributed by atoms with Gasteiger partial charge in [-0.3, -0.25) is 19.3 Å². The van der Waals surface area contributed by atoms with Crippen molar-refractivity contribution in [3.63, 3.8) is 0 Å². The number of imide groups is 1. The molecule has 0 saturated carbocycles. The summed E-state index contributed by atoms with van der Waals surface area (Å²) in [4.78, 5) is 37.6. The van der Waals surface area contributed by atoms with Crippen LogP contribution in [0.1, 0.15) is 33.6 Å². The molecule has 0 atom stereocenters. The van der Waals surface area contributed by atoms with Crippen molar-refractivity contribution in [2.24, 2.45) is 0 Å². The van der Waals surface area contributed by atoms with Crippen LogP contribution in [0.5, 0.6) is 0 Å². The van der Waals surface area contributed by atoms with Crippen LogP contribution in [0.4, 0.5) is 5.69 Å². The molecule has 8 heteroatoms. The number of amides is 3.